The average molecular weight is 528 g/mol. The predicted molar refractivity (Wildman–Crippen MR) is 122 cm³/mol. The molecular weight excluding hydrogens is 505 g/mol. The van der Waals surface area contributed by atoms with Gasteiger partial charge in [0, 0.05) is 37.3 Å². The molecule has 192 valence electrons. The minimum Gasteiger partial charge on any atom is -0.487 e. The van der Waals surface area contributed by atoms with Crippen molar-refractivity contribution in [3.05, 3.63) is 84.1 Å². The molecule has 6 nitrogen and oxygen atoms in total. The summed E-state index contributed by atoms with van der Waals surface area (Å²) in [7, 11) is -4.49. The second kappa shape index (κ2) is 10.4. The van der Waals surface area contributed by atoms with Gasteiger partial charge in [-0.05, 0) is 24.1 Å². The number of alkyl halides is 3. The number of nitrogens with zero attached hydrogens (tertiary/aromatic N) is 2. The molecule has 3 aromatic rings. The molecule has 0 spiro atoms. The van der Waals surface area contributed by atoms with Crippen LogP contribution in [0.1, 0.15) is 17.9 Å². The third-order valence-corrected chi connectivity index (χ3v) is 7.09. The molecule has 0 aliphatic carbocycles. The van der Waals surface area contributed by atoms with Crippen molar-refractivity contribution >= 4 is 15.8 Å². The van der Waals surface area contributed by atoms with E-state index in [0.717, 1.165) is 0 Å². The third-order valence-electron chi connectivity index (χ3n) is 5.72. The van der Waals surface area contributed by atoms with Gasteiger partial charge in [0.05, 0.1) is 6.54 Å². The standard InChI is InChI=1S/C24H22F5N3O3S/c25-18-13-22(36(33,34)31-23-8-4-5-10-30-23)19(26)12-21(18)35-20-9-11-32(15-24(27,28)29)14-17(20)16-6-2-1-3-7-16/h1-8,10,12-13,17,20H,9,11,14-15H2,(H,30,31)/t17-,20+/m1/s1. The number of hydrogen-bond donors (Lipinski definition) is 1. The number of hydrogen-bond acceptors (Lipinski definition) is 5. The lowest BCUT2D eigenvalue weighted by molar-refractivity contribution is -0.150. The van der Waals surface area contributed by atoms with Crippen LogP contribution in [0.25, 0.3) is 0 Å². The Morgan fingerprint density at radius 3 is 2.42 bits per heavy atom. The summed E-state index contributed by atoms with van der Waals surface area (Å²) in [5, 5.41) is 0. The minimum absolute atomic E-state index is 0.00124. The largest absolute Gasteiger partial charge is 0.487 e. The van der Waals surface area contributed by atoms with Gasteiger partial charge in [0.2, 0.25) is 0 Å². The molecule has 1 N–H and O–H groups in total. The zero-order chi connectivity index (χ0) is 25.9. The molecule has 0 bridgehead atoms. The maximum atomic E-state index is 14.9. The fraction of sp³-hybridized carbons (Fsp3) is 0.292. The SMILES string of the molecule is O=S(=O)(Nc1ccccn1)c1cc(F)c(O[C@H]2CCN(CC(F)(F)F)C[C@@H]2c2ccccc2)cc1F. The molecule has 0 radical (unpaired) electrons. The van der Waals surface area contributed by atoms with Crippen LogP contribution in [0.4, 0.5) is 27.8 Å². The molecule has 0 amide bonds. The number of pyridine rings is 1. The van der Waals surface area contributed by atoms with Crippen molar-refractivity contribution in [2.45, 2.75) is 29.5 Å². The van der Waals surface area contributed by atoms with Crippen molar-refractivity contribution in [1.29, 1.82) is 0 Å². The number of likely N-dealkylation sites (tertiary alicyclic amines) is 1. The number of aromatic nitrogens is 1. The summed E-state index contributed by atoms with van der Waals surface area (Å²) in [6, 6.07) is 14.2. The molecule has 1 aliphatic heterocycles. The molecule has 2 aromatic carbocycles. The van der Waals surface area contributed by atoms with Gasteiger partial charge < -0.3 is 4.74 Å². The summed E-state index contributed by atoms with van der Waals surface area (Å²) in [6.07, 6.45) is -3.69. The van der Waals surface area contributed by atoms with Crippen LogP contribution < -0.4 is 9.46 Å². The number of sulfonamides is 1. The summed E-state index contributed by atoms with van der Waals surface area (Å²) >= 11 is 0. The summed E-state index contributed by atoms with van der Waals surface area (Å²) < 4.78 is 102. The van der Waals surface area contributed by atoms with E-state index in [-0.39, 0.29) is 25.3 Å². The molecular formula is C24H22F5N3O3S. The first-order valence-electron chi connectivity index (χ1n) is 11.0. The Morgan fingerprint density at radius 2 is 1.75 bits per heavy atom. The molecule has 12 heteroatoms. The van der Waals surface area contributed by atoms with Crippen molar-refractivity contribution in [1.82, 2.24) is 9.88 Å². The summed E-state index contributed by atoms with van der Waals surface area (Å²) in [5.74, 6) is -3.53. The molecule has 4 rings (SSSR count). The van der Waals surface area contributed by atoms with Crippen LogP contribution in [-0.4, -0.2) is 50.2 Å². The lowest BCUT2D eigenvalue weighted by Gasteiger charge is -2.39. The molecule has 36 heavy (non-hydrogen) atoms. The van der Waals surface area contributed by atoms with E-state index in [1.54, 1.807) is 36.4 Å². The van der Waals surface area contributed by atoms with E-state index in [2.05, 4.69) is 9.71 Å². The van der Waals surface area contributed by atoms with Crippen molar-refractivity contribution in [3.8, 4) is 5.75 Å². The Labute approximate surface area is 204 Å². The fourth-order valence-corrected chi connectivity index (χ4v) is 5.22. The van der Waals surface area contributed by atoms with Crippen LogP contribution in [0.2, 0.25) is 0 Å². The van der Waals surface area contributed by atoms with E-state index >= 15 is 0 Å². The number of rotatable bonds is 7. The second-order valence-corrected chi connectivity index (χ2v) is 10.00. The maximum Gasteiger partial charge on any atom is 0.401 e. The number of nitrogens with one attached hydrogen (secondary N) is 1. The monoisotopic (exact) mass is 527 g/mol. The molecule has 1 aromatic heterocycles. The van der Waals surface area contributed by atoms with E-state index < -0.39 is 57.0 Å². The van der Waals surface area contributed by atoms with Crippen LogP contribution in [0, 0.1) is 11.6 Å². The number of piperidine rings is 1. The highest BCUT2D eigenvalue weighted by atomic mass is 32.2. The zero-order valence-electron chi connectivity index (χ0n) is 18.8. The number of benzene rings is 2. The van der Waals surface area contributed by atoms with Gasteiger partial charge in [0.25, 0.3) is 10.0 Å². The van der Waals surface area contributed by atoms with Gasteiger partial charge in [-0.3, -0.25) is 9.62 Å². The number of halogens is 5. The second-order valence-electron chi connectivity index (χ2n) is 8.35. The Hall–Kier alpha value is -3.25. The van der Waals surface area contributed by atoms with E-state index in [9.17, 15) is 30.4 Å². The van der Waals surface area contributed by atoms with Gasteiger partial charge in [-0.15, -0.1) is 0 Å². The molecule has 1 saturated heterocycles. The fourth-order valence-electron chi connectivity index (χ4n) is 4.14. The smallest absolute Gasteiger partial charge is 0.401 e. The highest BCUT2D eigenvalue weighted by Crippen LogP contribution is 2.34. The number of ether oxygens (including phenoxy) is 1. The lowest BCUT2D eigenvalue weighted by Crippen LogP contribution is -2.47. The first-order chi connectivity index (χ1) is 17.0. The Balaban J connectivity index is 1.57. The summed E-state index contributed by atoms with van der Waals surface area (Å²) in [4.78, 5) is 4.11. The first kappa shape index (κ1) is 25.8. The zero-order valence-corrected chi connectivity index (χ0v) is 19.6. The van der Waals surface area contributed by atoms with E-state index in [4.69, 9.17) is 4.74 Å². The van der Waals surface area contributed by atoms with Gasteiger partial charge in [-0.2, -0.15) is 13.2 Å². The topological polar surface area (TPSA) is 71.5 Å². The minimum atomic E-state index is -4.49. The maximum absolute atomic E-state index is 14.9. The van der Waals surface area contributed by atoms with Crippen LogP contribution in [0.3, 0.4) is 0 Å². The van der Waals surface area contributed by atoms with E-state index in [1.165, 1.54) is 23.2 Å². The average Bonchev–Trinajstić information content (AvgIpc) is 2.82. The first-order valence-corrected chi connectivity index (χ1v) is 12.4. The number of anilines is 1. The van der Waals surface area contributed by atoms with Gasteiger partial charge in [0.1, 0.15) is 22.6 Å². The Morgan fingerprint density at radius 1 is 1.03 bits per heavy atom. The summed E-state index contributed by atoms with van der Waals surface area (Å²) in [6.45, 7) is -1.06. The van der Waals surface area contributed by atoms with Gasteiger partial charge in [0.15, 0.2) is 11.6 Å². The third kappa shape index (κ3) is 6.30. The Kier molecular flexibility index (Phi) is 7.46. The molecule has 2 heterocycles. The highest BCUT2D eigenvalue weighted by molar-refractivity contribution is 7.92. The van der Waals surface area contributed by atoms with Crippen molar-refractivity contribution in [3.63, 3.8) is 0 Å². The quantitative estimate of drug-likeness (QED) is 0.440. The van der Waals surface area contributed by atoms with Crippen molar-refractivity contribution < 1.29 is 35.1 Å². The van der Waals surface area contributed by atoms with Gasteiger partial charge in [-0.25, -0.2) is 22.2 Å². The lowest BCUT2D eigenvalue weighted by atomic mass is 9.87. The van der Waals surface area contributed by atoms with Crippen LogP contribution in [0.5, 0.6) is 5.75 Å². The predicted octanol–water partition coefficient (Wildman–Crippen LogP) is 4.96. The molecule has 1 aliphatic rings. The van der Waals surface area contributed by atoms with Crippen molar-refractivity contribution in [2.75, 3.05) is 24.4 Å². The normalized spacial score (nSPS) is 19.1. The Bertz CT molecular complexity index is 1290. The van der Waals surface area contributed by atoms with Crippen LogP contribution in [-0.2, 0) is 10.0 Å². The molecule has 2 atom stereocenters. The van der Waals surface area contributed by atoms with Gasteiger partial charge >= 0.3 is 6.18 Å². The van der Waals surface area contributed by atoms with Gasteiger partial charge in [-0.1, -0.05) is 36.4 Å². The molecule has 1 fully saturated rings. The van der Waals surface area contributed by atoms with Crippen molar-refractivity contribution in [2.24, 2.45) is 0 Å². The summed E-state index contributed by atoms with van der Waals surface area (Å²) in [5.41, 5.74) is 0.689. The van der Waals surface area contributed by atoms with E-state index in [1.807, 2.05) is 0 Å². The van der Waals surface area contributed by atoms with E-state index in [0.29, 0.717) is 17.7 Å². The molecule has 0 saturated carbocycles. The highest BCUT2D eigenvalue weighted by Gasteiger charge is 2.38. The molecule has 0 unspecified atom stereocenters. The van der Waals surface area contributed by atoms with Crippen LogP contribution in [0.15, 0.2) is 71.8 Å². The van der Waals surface area contributed by atoms with Crippen LogP contribution >= 0.6 is 0 Å².